The molecule has 0 unspecified atom stereocenters. The molecule has 2 rings (SSSR count). The van der Waals surface area contributed by atoms with Gasteiger partial charge in [0.25, 0.3) is 5.91 Å². The zero-order valence-electron chi connectivity index (χ0n) is 13.3. The van der Waals surface area contributed by atoms with E-state index in [9.17, 15) is 9.18 Å². The van der Waals surface area contributed by atoms with Crippen molar-refractivity contribution in [1.29, 1.82) is 0 Å². The molecule has 0 aromatic heterocycles. The van der Waals surface area contributed by atoms with Crippen molar-refractivity contribution in [3.63, 3.8) is 0 Å². The number of aryl methyl sites for hydroxylation is 2. The number of amides is 1. The van der Waals surface area contributed by atoms with Gasteiger partial charge in [-0.3, -0.25) is 4.79 Å². The molecule has 1 N–H and O–H groups in total. The highest BCUT2D eigenvalue weighted by Crippen LogP contribution is 2.23. The van der Waals surface area contributed by atoms with Gasteiger partial charge in [-0.15, -0.1) is 0 Å². The van der Waals surface area contributed by atoms with E-state index in [0.29, 0.717) is 16.6 Å². The molecule has 122 valence electrons. The normalized spacial score (nSPS) is 11.9. The van der Waals surface area contributed by atoms with Gasteiger partial charge in [0.2, 0.25) is 0 Å². The molecule has 2 aromatic rings. The Morgan fingerprint density at radius 3 is 2.61 bits per heavy atom. The van der Waals surface area contributed by atoms with E-state index in [2.05, 4.69) is 21.2 Å². The highest BCUT2D eigenvalue weighted by atomic mass is 79.9. The number of carbonyl (C=O) groups excluding carboxylic acids is 1. The quantitative estimate of drug-likeness (QED) is 0.793. The average Bonchev–Trinajstić information content (AvgIpc) is 2.49. The Bertz CT molecular complexity index is 718. The third kappa shape index (κ3) is 4.55. The summed E-state index contributed by atoms with van der Waals surface area (Å²) in [4.78, 5) is 12.3. The minimum atomic E-state index is -0.681. The summed E-state index contributed by atoms with van der Waals surface area (Å²) in [5.74, 6) is -0.198. The maximum Gasteiger partial charge on any atom is 0.265 e. The van der Waals surface area contributed by atoms with Crippen molar-refractivity contribution < 1.29 is 13.9 Å². The topological polar surface area (TPSA) is 38.3 Å². The Morgan fingerprint density at radius 1 is 1.26 bits per heavy atom. The zero-order valence-corrected chi connectivity index (χ0v) is 14.9. The summed E-state index contributed by atoms with van der Waals surface area (Å²) in [6, 6.07) is 10.3. The van der Waals surface area contributed by atoms with E-state index < -0.39 is 11.9 Å². The van der Waals surface area contributed by atoms with Gasteiger partial charge in [-0.2, -0.15) is 0 Å². The summed E-state index contributed by atoms with van der Waals surface area (Å²) in [6.45, 7) is 5.78. The Hall–Kier alpha value is -1.88. The van der Waals surface area contributed by atoms with Gasteiger partial charge in [0.15, 0.2) is 6.10 Å². The van der Waals surface area contributed by atoms with Crippen LogP contribution < -0.4 is 10.1 Å². The van der Waals surface area contributed by atoms with Crippen LogP contribution in [0.3, 0.4) is 0 Å². The lowest BCUT2D eigenvalue weighted by Gasteiger charge is -2.19. The average molecular weight is 380 g/mol. The lowest BCUT2D eigenvalue weighted by atomic mass is 10.1. The van der Waals surface area contributed by atoms with Crippen LogP contribution in [0.15, 0.2) is 40.9 Å². The summed E-state index contributed by atoms with van der Waals surface area (Å²) >= 11 is 3.19. The van der Waals surface area contributed by atoms with Crippen LogP contribution in [0.1, 0.15) is 24.5 Å². The van der Waals surface area contributed by atoms with Crippen LogP contribution in [0, 0.1) is 19.7 Å². The molecule has 0 aliphatic rings. The monoisotopic (exact) mass is 379 g/mol. The minimum absolute atomic E-state index is 0.140. The van der Waals surface area contributed by atoms with Crippen LogP contribution in [0.2, 0.25) is 0 Å². The number of anilines is 1. The second-order valence-corrected chi connectivity index (χ2v) is 6.31. The van der Waals surface area contributed by atoms with Crippen molar-refractivity contribution in [3.05, 3.63) is 57.8 Å². The molecule has 0 bridgehead atoms. The van der Waals surface area contributed by atoms with E-state index >= 15 is 0 Å². The molecule has 1 atom stereocenters. The molecule has 0 saturated heterocycles. The highest BCUT2D eigenvalue weighted by molar-refractivity contribution is 9.10. The third-order valence-corrected chi connectivity index (χ3v) is 3.95. The molecule has 2 aromatic carbocycles. The molecule has 0 aliphatic carbocycles. The van der Waals surface area contributed by atoms with Gasteiger partial charge in [0, 0.05) is 4.47 Å². The molecular formula is C18H19BrFNO2. The first-order chi connectivity index (χ1) is 10.9. The smallest absolute Gasteiger partial charge is 0.265 e. The van der Waals surface area contributed by atoms with Crippen molar-refractivity contribution in [2.24, 2.45) is 0 Å². The fourth-order valence-corrected chi connectivity index (χ4v) is 2.54. The summed E-state index contributed by atoms with van der Waals surface area (Å²) in [5.41, 5.74) is 2.23. The number of nitrogens with one attached hydrogen (secondary N) is 1. The summed E-state index contributed by atoms with van der Waals surface area (Å²) in [5, 5.41) is 2.58. The van der Waals surface area contributed by atoms with Gasteiger partial charge in [0.05, 0.1) is 5.69 Å². The lowest BCUT2D eigenvalue weighted by molar-refractivity contribution is -0.122. The minimum Gasteiger partial charge on any atom is -0.480 e. The molecule has 0 heterocycles. The van der Waals surface area contributed by atoms with Crippen LogP contribution in [0.25, 0.3) is 0 Å². The van der Waals surface area contributed by atoms with Gasteiger partial charge in [-0.25, -0.2) is 4.39 Å². The number of hydrogen-bond acceptors (Lipinski definition) is 2. The number of halogens is 2. The lowest BCUT2D eigenvalue weighted by Crippen LogP contribution is -2.32. The summed E-state index contributed by atoms with van der Waals surface area (Å²) < 4.78 is 20.2. The van der Waals surface area contributed by atoms with Crippen molar-refractivity contribution >= 4 is 27.5 Å². The van der Waals surface area contributed by atoms with Gasteiger partial charge >= 0.3 is 0 Å². The fourth-order valence-electron chi connectivity index (χ4n) is 2.21. The molecule has 0 fully saturated rings. The Labute approximate surface area is 144 Å². The molecule has 0 saturated carbocycles. The van der Waals surface area contributed by atoms with E-state index in [0.717, 1.165) is 11.1 Å². The number of hydrogen-bond donors (Lipinski definition) is 1. The van der Waals surface area contributed by atoms with E-state index in [1.807, 2.05) is 39.0 Å². The fraction of sp³-hybridized carbons (Fsp3) is 0.278. The summed E-state index contributed by atoms with van der Waals surface area (Å²) in [6.07, 6.45) is -0.198. The molecule has 0 spiro atoms. The molecule has 5 heteroatoms. The van der Waals surface area contributed by atoms with Crippen LogP contribution in [-0.4, -0.2) is 12.0 Å². The third-order valence-electron chi connectivity index (χ3n) is 3.45. The first kappa shape index (κ1) is 17.5. The SMILES string of the molecule is CC[C@@H](Oc1ccc(C)cc1C)C(=O)Nc1ccc(Br)cc1F. The first-order valence-electron chi connectivity index (χ1n) is 7.40. The van der Waals surface area contributed by atoms with Gasteiger partial charge < -0.3 is 10.1 Å². The van der Waals surface area contributed by atoms with Crippen molar-refractivity contribution in [1.82, 2.24) is 0 Å². The largest absolute Gasteiger partial charge is 0.480 e. The summed E-state index contributed by atoms with van der Waals surface area (Å²) in [7, 11) is 0. The number of ether oxygens (including phenoxy) is 1. The second kappa shape index (κ2) is 7.59. The zero-order chi connectivity index (χ0) is 17.0. The predicted molar refractivity (Wildman–Crippen MR) is 93.4 cm³/mol. The highest BCUT2D eigenvalue weighted by Gasteiger charge is 2.20. The van der Waals surface area contributed by atoms with E-state index in [4.69, 9.17) is 4.74 Å². The van der Waals surface area contributed by atoms with Crippen molar-refractivity contribution in [3.8, 4) is 5.75 Å². The molecule has 23 heavy (non-hydrogen) atoms. The van der Waals surface area contributed by atoms with E-state index in [1.54, 1.807) is 6.07 Å². The molecular weight excluding hydrogens is 361 g/mol. The molecule has 3 nitrogen and oxygen atoms in total. The van der Waals surface area contributed by atoms with Crippen LogP contribution in [0.5, 0.6) is 5.75 Å². The van der Waals surface area contributed by atoms with Crippen molar-refractivity contribution in [2.45, 2.75) is 33.3 Å². The van der Waals surface area contributed by atoms with Gasteiger partial charge in [-0.05, 0) is 50.1 Å². The Morgan fingerprint density at radius 2 is 2.00 bits per heavy atom. The van der Waals surface area contributed by atoms with Crippen LogP contribution >= 0.6 is 15.9 Å². The van der Waals surface area contributed by atoms with E-state index in [1.165, 1.54) is 12.1 Å². The number of benzene rings is 2. The molecule has 1 amide bonds. The Kier molecular flexibility index (Phi) is 5.77. The number of carbonyl (C=O) groups is 1. The maximum absolute atomic E-state index is 13.8. The second-order valence-electron chi connectivity index (χ2n) is 5.40. The van der Waals surface area contributed by atoms with Crippen molar-refractivity contribution in [2.75, 3.05) is 5.32 Å². The molecule has 0 radical (unpaired) electrons. The predicted octanol–water partition coefficient (Wildman–Crippen LogP) is 5.00. The van der Waals surface area contributed by atoms with Crippen LogP contribution in [-0.2, 0) is 4.79 Å². The van der Waals surface area contributed by atoms with E-state index in [-0.39, 0.29) is 11.6 Å². The first-order valence-corrected chi connectivity index (χ1v) is 8.20. The standard InChI is InChI=1S/C18H19BrFNO2/c1-4-16(23-17-8-5-11(2)9-12(17)3)18(22)21-15-7-6-13(19)10-14(15)20/h5-10,16H,4H2,1-3H3,(H,21,22)/t16-/m1/s1. The Balaban J connectivity index is 2.12. The molecule has 0 aliphatic heterocycles. The van der Waals surface area contributed by atoms with Gasteiger partial charge in [0.1, 0.15) is 11.6 Å². The van der Waals surface area contributed by atoms with Crippen LogP contribution in [0.4, 0.5) is 10.1 Å². The van der Waals surface area contributed by atoms with Gasteiger partial charge in [-0.1, -0.05) is 40.5 Å². The number of rotatable bonds is 5. The maximum atomic E-state index is 13.8.